The van der Waals surface area contributed by atoms with Crippen molar-refractivity contribution in [2.24, 2.45) is 0 Å². The van der Waals surface area contributed by atoms with E-state index in [0.717, 1.165) is 5.56 Å². The second-order valence-corrected chi connectivity index (χ2v) is 4.72. The molecule has 0 aliphatic rings. The van der Waals surface area contributed by atoms with Crippen molar-refractivity contribution in [3.05, 3.63) is 70.5 Å². The molecular formula is C17H16N2O2. The highest BCUT2D eigenvalue weighted by Gasteiger charge is 2.11. The van der Waals surface area contributed by atoms with Crippen molar-refractivity contribution in [3.8, 4) is 6.01 Å². The quantitative estimate of drug-likeness (QED) is 0.738. The van der Waals surface area contributed by atoms with Crippen LogP contribution in [0.15, 0.2) is 59.4 Å². The van der Waals surface area contributed by atoms with Crippen molar-refractivity contribution in [1.29, 1.82) is 0 Å². The van der Waals surface area contributed by atoms with E-state index in [1.807, 2.05) is 55.5 Å². The highest BCUT2D eigenvalue weighted by molar-refractivity contribution is 5.77. The lowest BCUT2D eigenvalue weighted by Crippen LogP contribution is -2.24. The van der Waals surface area contributed by atoms with Crippen molar-refractivity contribution in [2.45, 2.75) is 13.5 Å². The number of para-hydroxylation sites is 1. The molecular weight excluding hydrogens is 264 g/mol. The monoisotopic (exact) mass is 280 g/mol. The Morgan fingerprint density at radius 3 is 2.52 bits per heavy atom. The van der Waals surface area contributed by atoms with Crippen molar-refractivity contribution in [1.82, 2.24) is 9.55 Å². The molecule has 3 aromatic rings. The van der Waals surface area contributed by atoms with Crippen LogP contribution in [0.3, 0.4) is 0 Å². The number of hydrogen-bond donors (Lipinski definition) is 0. The van der Waals surface area contributed by atoms with Crippen LogP contribution in [0.25, 0.3) is 10.9 Å². The standard InChI is InChI=1S/C17H16N2O2/c1-2-21-17-18-15-11-7-6-10-14(15)16(20)19(17)12-13-8-4-3-5-9-13/h3-11H,2,12H2,1H3. The molecule has 0 amide bonds. The second kappa shape index (κ2) is 5.79. The molecule has 0 saturated heterocycles. The number of fused-ring (bicyclic) bond motifs is 1. The fraction of sp³-hybridized carbons (Fsp3) is 0.176. The Morgan fingerprint density at radius 1 is 1.05 bits per heavy atom. The van der Waals surface area contributed by atoms with Crippen LogP contribution in [-0.4, -0.2) is 16.2 Å². The molecule has 21 heavy (non-hydrogen) atoms. The van der Waals surface area contributed by atoms with Gasteiger partial charge in [-0.2, -0.15) is 4.98 Å². The van der Waals surface area contributed by atoms with E-state index in [1.54, 1.807) is 10.6 Å². The molecule has 0 spiro atoms. The summed E-state index contributed by atoms with van der Waals surface area (Å²) in [6, 6.07) is 17.5. The molecule has 0 atom stereocenters. The van der Waals surface area contributed by atoms with Gasteiger partial charge in [0.2, 0.25) is 0 Å². The Morgan fingerprint density at radius 2 is 1.76 bits per heavy atom. The summed E-state index contributed by atoms with van der Waals surface area (Å²) >= 11 is 0. The predicted molar refractivity (Wildman–Crippen MR) is 82.7 cm³/mol. The summed E-state index contributed by atoms with van der Waals surface area (Å²) in [7, 11) is 0. The Hall–Kier alpha value is -2.62. The molecule has 0 N–H and O–H groups in total. The van der Waals surface area contributed by atoms with Gasteiger partial charge in [0.1, 0.15) is 0 Å². The Kier molecular flexibility index (Phi) is 3.69. The lowest BCUT2D eigenvalue weighted by atomic mass is 10.2. The first-order valence-corrected chi connectivity index (χ1v) is 6.96. The number of ether oxygens (including phenoxy) is 1. The van der Waals surface area contributed by atoms with Gasteiger partial charge in [0, 0.05) is 0 Å². The molecule has 1 aromatic heterocycles. The van der Waals surface area contributed by atoms with E-state index in [0.29, 0.717) is 30.1 Å². The third-order valence-corrected chi connectivity index (χ3v) is 3.28. The van der Waals surface area contributed by atoms with Crippen LogP contribution in [0.4, 0.5) is 0 Å². The molecule has 0 fully saturated rings. The van der Waals surface area contributed by atoms with Gasteiger partial charge in [0.05, 0.1) is 24.1 Å². The van der Waals surface area contributed by atoms with Gasteiger partial charge in [-0.25, -0.2) is 0 Å². The van der Waals surface area contributed by atoms with Crippen LogP contribution in [-0.2, 0) is 6.54 Å². The second-order valence-electron chi connectivity index (χ2n) is 4.72. The van der Waals surface area contributed by atoms with Gasteiger partial charge in [-0.3, -0.25) is 9.36 Å². The van der Waals surface area contributed by atoms with Gasteiger partial charge in [-0.15, -0.1) is 0 Å². The first-order chi connectivity index (χ1) is 10.3. The fourth-order valence-corrected chi connectivity index (χ4v) is 2.29. The number of nitrogens with zero attached hydrogens (tertiary/aromatic N) is 2. The molecule has 0 radical (unpaired) electrons. The molecule has 4 heteroatoms. The SMILES string of the molecule is CCOc1nc2ccccc2c(=O)n1Cc1ccccc1. The minimum absolute atomic E-state index is 0.0760. The molecule has 1 heterocycles. The summed E-state index contributed by atoms with van der Waals surface area (Å²) in [6.07, 6.45) is 0. The van der Waals surface area contributed by atoms with Crippen LogP contribution in [0.5, 0.6) is 6.01 Å². The van der Waals surface area contributed by atoms with Crippen LogP contribution >= 0.6 is 0 Å². The molecule has 0 bridgehead atoms. The van der Waals surface area contributed by atoms with Crippen LogP contribution < -0.4 is 10.3 Å². The molecule has 2 aromatic carbocycles. The zero-order chi connectivity index (χ0) is 14.7. The summed E-state index contributed by atoms with van der Waals surface area (Å²) in [5.41, 5.74) is 1.63. The summed E-state index contributed by atoms with van der Waals surface area (Å²) in [5.74, 6) is 0. The Bertz CT molecular complexity index is 810. The normalized spacial score (nSPS) is 10.7. The van der Waals surface area contributed by atoms with Crippen LogP contribution in [0, 0.1) is 0 Å². The topological polar surface area (TPSA) is 44.1 Å². The van der Waals surface area contributed by atoms with Crippen molar-refractivity contribution >= 4 is 10.9 Å². The average molecular weight is 280 g/mol. The fourth-order valence-electron chi connectivity index (χ4n) is 2.29. The maximum atomic E-state index is 12.7. The van der Waals surface area contributed by atoms with Crippen molar-refractivity contribution in [2.75, 3.05) is 6.61 Å². The molecule has 0 saturated carbocycles. The number of rotatable bonds is 4. The average Bonchev–Trinajstić information content (AvgIpc) is 2.52. The zero-order valence-corrected chi connectivity index (χ0v) is 11.8. The van der Waals surface area contributed by atoms with Gasteiger partial charge in [-0.1, -0.05) is 42.5 Å². The van der Waals surface area contributed by atoms with Crippen molar-refractivity contribution < 1.29 is 4.74 Å². The smallest absolute Gasteiger partial charge is 0.300 e. The van der Waals surface area contributed by atoms with Crippen LogP contribution in [0.2, 0.25) is 0 Å². The molecule has 0 aliphatic heterocycles. The van der Waals surface area contributed by atoms with E-state index in [-0.39, 0.29) is 5.56 Å². The minimum atomic E-state index is -0.0760. The van der Waals surface area contributed by atoms with E-state index < -0.39 is 0 Å². The number of benzene rings is 2. The summed E-state index contributed by atoms with van der Waals surface area (Å²) in [5, 5.41) is 0.608. The first kappa shape index (κ1) is 13.4. The summed E-state index contributed by atoms with van der Waals surface area (Å²) in [6.45, 7) is 2.81. The van der Waals surface area contributed by atoms with Crippen molar-refractivity contribution in [3.63, 3.8) is 0 Å². The highest BCUT2D eigenvalue weighted by Crippen LogP contribution is 2.14. The van der Waals surface area contributed by atoms with E-state index >= 15 is 0 Å². The van der Waals surface area contributed by atoms with Gasteiger partial charge >= 0.3 is 0 Å². The lowest BCUT2D eigenvalue weighted by molar-refractivity contribution is 0.294. The maximum absolute atomic E-state index is 12.7. The Balaban J connectivity index is 2.17. The van der Waals surface area contributed by atoms with E-state index in [2.05, 4.69) is 4.98 Å². The van der Waals surface area contributed by atoms with Gasteiger partial charge in [-0.05, 0) is 24.6 Å². The maximum Gasteiger partial charge on any atom is 0.300 e. The van der Waals surface area contributed by atoms with Gasteiger partial charge < -0.3 is 4.74 Å². The molecule has 0 aliphatic carbocycles. The number of aromatic nitrogens is 2. The third-order valence-electron chi connectivity index (χ3n) is 3.28. The summed E-state index contributed by atoms with van der Waals surface area (Å²) < 4.78 is 7.13. The molecule has 3 rings (SSSR count). The highest BCUT2D eigenvalue weighted by atomic mass is 16.5. The molecule has 0 unspecified atom stereocenters. The van der Waals surface area contributed by atoms with Gasteiger partial charge in [0.15, 0.2) is 0 Å². The minimum Gasteiger partial charge on any atom is -0.465 e. The summed E-state index contributed by atoms with van der Waals surface area (Å²) in [4.78, 5) is 17.1. The van der Waals surface area contributed by atoms with E-state index in [4.69, 9.17) is 4.74 Å². The zero-order valence-electron chi connectivity index (χ0n) is 11.8. The van der Waals surface area contributed by atoms with Gasteiger partial charge in [0.25, 0.3) is 11.6 Å². The predicted octanol–water partition coefficient (Wildman–Crippen LogP) is 2.84. The molecule has 4 nitrogen and oxygen atoms in total. The van der Waals surface area contributed by atoms with E-state index in [9.17, 15) is 4.79 Å². The largest absolute Gasteiger partial charge is 0.465 e. The van der Waals surface area contributed by atoms with E-state index in [1.165, 1.54) is 0 Å². The molecule has 106 valence electrons. The lowest BCUT2D eigenvalue weighted by Gasteiger charge is -2.13. The van der Waals surface area contributed by atoms with Crippen LogP contribution in [0.1, 0.15) is 12.5 Å². The Labute approximate surface area is 122 Å². The number of hydrogen-bond acceptors (Lipinski definition) is 3. The third kappa shape index (κ3) is 2.65. The first-order valence-electron chi connectivity index (χ1n) is 6.96.